The second kappa shape index (κ2) is 18.3. The number of aromatic nitrogens is 5. The maximum Gasteiger partial charge on any atom is 0.327 e. The minimum absolute atomic E-state index is 0.0788. The van der Waals surface area contributed by atoms with Crippen LogP contribution in [0, 0.1) is 11.3 Å². The van der Waals surface area contributed by atoms with Gasteiger partial charge in [0.15, 0.2) is 11.2 Å². The van der Waals surface area contributed by atoms with Crippen molar-refractivity contribution in [2.45, 2.75) is 96.9 Å². The van der Waals surface area contributed by atoms with Crippen LogP contribution < -0.4 is 16.2 Å². The number of imidazole rings is 1. The third kappa shape index (κ3) is 8.34. The normalized spacial score (nSPS) is 18.7. The monoisotopic (exact) mass is 696 g/mol. The molecule has 0 spiro atoms. The number of aryl methyl sites for hydroxylation is 2. The number of nitrogens with one attached hydrogen (secondary N) is 1. The van der Waals surface area contributed by atoms with E-state index in [9.17, 15) is 10.1 Å². The Labute approximate surface area is 292 Å². The van der Waals surface area contributed by atoms with E-state index in [-0.39, 0.29) is 17.6 Å². The predicted octanol–water partition coefficient (Wildman–Crippen LogP) is 5.54. The molecule has 2 saturated heterocycles. The van der Waals surface area contributed by atoms with Gasteiger partial charge in [-0.3, -0.25) is 9.55 Å². The molecule has 6 heterocycles. The minimum atomic E-state index is -0.292. The Morgan fingerprint density at radius 2 is 1.88 bits per heavy atom. The number of ether oxygens (including phenoxy) is 2. The van der Waals surface area contributed by atoms with E-state index < -0.39 is 0 Å². The number of rotatable bonds is 7. The van der Waals surface area contributed by atoms with Gasteiger partial charge in [0.25, 0.3) is 0 Å². The molecule has 0 amide bonds. The molecule has 0 saturated carbocycles. The fourth-order valence-corrected chi connectivity index (χ4v) is 7.82. The summed E-state index contributed by atoms with van der Waals surface area (Å²) in [5.74, 6) is 1.05. The Morgan fingerprint density at radius 1 is 1.12 bits per heavy atom. The van der Waals surface area contributed by atoms with Crippen molar-refractivity contribution in [2.75, 3.05) is 46.3 Å². The molecule has 0 aromatic carbocycles. The zero-order valence-electron chi connectivity index (χ0n) is 29.8. The van der Waals surface area contributed by atoms with Crippen LogP contribution in [0.1, 0.15) is 105 Å². The van der Waals surface area contributed by atoms with Crippen LogP contribution in [-0.4, -0.2) is 81.2 Å². The highest BCUT2D eigenvalue weighted by molar-refractivity contribution is 7.16. The van der Waals surface area contributed by atoms with Gasteiger partial charge >= 0.3 is 5.69 Å². The van der Waals surface area contributed by atoms with Crippen LogP contribution in [0.3, 0.4) is 0 Å². The molecule has 2 atom stereocenters. The molecule has 1 aliphatic carbocycles. The lowest BCUT2D eigenvalue weighted by molar-refractivity contribution is 0.0968. The van der Waals surface area contributed by atoms with Gasteiger partial charge in [-0.1, -0.05) is 32.3 Å². The summed E-state index contributed by atoms with van der Waals surface area (Å²) in [7, 11) is 4.77. The van der Waals surface area contributed by atoms with Gasteiger partial charge in [0.05, 0.1) is 11.3 Å². The number of nitrogens with zero attached hydrogens (tertiary/aromatic N) is 6. The second-order valence-electron chi connectivity index (χ2n) is 12.2. The average molecular weight is 697 g/mol. The number of hydrogen-bond donors (Lipinski definition) is 3. The first-order chi connectivity index (χ1) is 23.9. The third-order valence-electron chi connectivity index (χ3n) is 9.14. The highest BCUT2D eigenvalue weighted by Crippen LogP contribution is 2.46. The van der Waals surface area contributed by atoms with Crippen LogP contribution in [0.4, 0.5) is 5.00 Å². The maximum atomic E-state index is 12.5. The Bertz CT molecular complexity index is 1740. The number of likely N-dealkylation sites (tertiary alicyclic amines) is 1. The molecule has 13 nitrogen and oxygen atoms in total. The lowest BCUT2D eigenvalue weighted by atomic mass is 9.81. The highest BCUT2D eigenvalue weighted by atomic mass is 32.1. The number of aromatic amines is 1. The first kappa shape index (κ1) is 38.0. The largest absolute Gasteiger partial charge is 0.474 e. The number of aliphatic hydroxyl groups is 1. The molecule has 2 aliphatic heterocycles. The summed E-state index contributed by atoms with van der Waals surface area (Å²) in [6.07, 6.45) is 10.4. The molecule has 4 N–H and O–H groups in total. The maximum absolute atomic E-state index is 12.5. The van der Waals surface area contributed by atoms with Crippen molar-refractivity contribution < 1.29 is 19.1 Å². The highest BCUT2D eigenvalue weighted by Gasteiger charge is 2.34. The Morgan fingerprint density at radius 3 is 2.49 bits per heavy atom. The van der Waals surface area contributed by atoms with Crippen molar-refractivity contribution in [1.29, 1.82) is 5.26 Å². The molecule has 4 aromatic rings. The van der Waals surface area contributed by atoms with E-state index in [4.69, 9.17) is 29.8 Å². The molecular formula is C35H52N8O5S. The molecule has 4 aromatic heterocycles. The van der Waals surface area contributed by atoms with Gasteiger partial charge in [0, 0.05) is 49.8 Å². The molecule has 3 aliphatic rings. The average Bonchev–Trinajstić information content (AvgIpc) is 3.90. The minimum Gasteiger partial charge on any atom is -0.474 e. The van der Waals surface area contributed by atoms with E-state index >= 15 is 0 Å². The van der Waals surface area contributed by atoms with Crippen LogP contribution in [0.15, 0.2) is 9.32 Å². The van der Waals surface area contributed by atoms with Gasteiger partial charge in [-0.25, -0.2) is 9.78 Å². The van der Waals surface area contributed by atoms with E-state index in [1.807, 2.05) is 13.8 Å². The number of H-pyrrole nitrogens is 1. The molecule has 49 heavy (non-hydrogen) atoms. The molecule has 268 valence electrons. The van der Waals surface area contributed by atoms with E-state index in [0.717, 1.165) is 87.1 Å². The first-order valence-corrected chi connectivity index (χ1v) is 18.3. The number of thiophene rings is 1. The van der Waals surface area contributed by atoms with Gasteiger partial charge in [-0.05, 0) is 76.9 Å². The standard InChI is InChI=1S/C27H32N8O3S.C5H10O.C2H6.CH4O/c1-4-7-16-20(15-9-5-10-18-19(15)17(12-28)23(29)39-18)33-38-22(16)25-30-24-21(35(3)27(36)32-24)26(31-25)37-13-14-8-6-11-34(14)2;1-2-4-6-5-3-1;2*1-2/h14-15H,4-11,13,29H2,1-3H3,(H,30,31,32,36);1-5H2;1-2H3;2H,1H3/t14-,15-;;;/m0.../s1. The first-order valence-electron chi connectivity index (χ1n) is 17.5. The smallest absolute Gasteiger partial charge is 0.327 e. The predicted molar refractivity (Wildman–Crippen MR) is 192 cm³/mol. The Kier molecular flexibility index (Phi) is 14.2. The summed E-state index contributed by atoms with van der Waals surface area (Å²) in [6, 6.07) is 2.60. The van der Waals surface area contributed by atoms with E-state index in [1.165, 1.54) is 35.2 Å². The fourth-order valence-electron chi connectivity index (χ4n) is 6.69. The van der Waals surface area contributed by atoms with Crippen LogP contribution >= 0.6 is 11.3 Å². The van der Waals surface area contributed by atoms with Gasteiger partial charge in [-0.15, -0.1) is 11.3 Å². The van der Waals surface area contributed by atoms with Crippen molar-refractivity contribution in [3.8, 4) is 23.5 Å². The summed E-state index contributed by atoms with van der Waals surface area (Å²) in [5.41, 5.74) is 10.1. The summed E-state index contributed by atoms with van der Waals surface area (Å²) in [6.45, 7) is 9.60. The molecule has 14 heteroatoms. The van der Waals surface area contributed by atoms with Crippen molar-refractivity contribution in [1.82, 2.24) is 29.6 Å². The zero-order valence-corrected chi connectivity index (χ0v) is 30.6. The number of nitrogens with two attached hydrogens (primary N) is 1. The third-order valence-corrected chi connectivity index (χ3v) is 10.2. The van der Waals surface area contributed by atoms with Crippen molar-refractivity contribution >= 4 is 27.5 Å². The van der Waals surface area contributed by atoms with E-state index in [0.29, 0.717) is 52.2 Å². The molecule has 0 unspecified atom stereocenters. The molecule has 0 radical (unpaired) electrons. The molecular weight excluding hydrogens is 645 g/mol. The van der Waals surface area contributed by atoms with Crippen LogP contribution in [0.5, 0.6) is 5.88 Å². The van der Waals surface area contributed by atoms with Gasteiger partial charge in [0.2, 0.25) is 17.5 Å². The fraction of sp³-hybridized carbons (Fsp3) is 0.629. The van der Waals surface area contributed by atoms with Crippen molar-refractivity contribution in [3.63, 3.8) is 0 Å². The summed E-state index contributed by atoms with van der Waals surface area (Å²) in [4.78, 5) is 28.2. The number of nitriles is 1. The lowest BCUT2D eigenvalue weighted by Gasteiger charge is -2.22. The van der Waals surface area contributed by atoms with Gasteiger partial charge in [0.1, 0.15) is 17.7 Å². The van der Waals surface area contributed by atoms with E-state index in [2.05, 4.69) is 40.1 Å². The zero-order chi connectivity index (χ0) is 35.5. The summed E-state index contributed by atoms with van der Waals surface area (Å²) in [5, 5.41) is 22.0. The van der Waals surface area contributed by atoms with Crippen molar-refractivity contribution in [3.05, 3.63) is 37.7 Å². The lowest BCUT2D eigenvalue weighted by Crippen LogP contribution is -2.30. The number of likely N-dealkylation sites (N-methyl/N-ethyl adjacent to an activating group) is 1. The van der Waals surface area contributed by atoms with E-state index in [1.54, 1.807) is 7.05 Å². The van der Waals surface area contributed by atoms with Crippen molar-refractivity contribution in [2.24, 2.45) is 7.05 Å². The van der Waals surface area contributed by atoms with Crippen LogP contribution in [0.25, 0.3) is 22.7 Å². The SMILES string of the molecule is C1CCOCC1.CC.CCCc1c([C@H]2CCCc3sc(N)c(C#N)c32)noc1-c1nc(OC[C@@H]2CCCN2C)c2c(n1)[nH]c(=O)n2C.CO. The number of aliphatic hydroxyl groups excluding tert-OH is 1. The summed E-state index contributed by atoms with van der Waals surface area (Å²) >= 11 is 1.50. The summed E-state index contributed by atoms with van der Waals surface area (Å²) < 4.78 is 18.8. The topological polar surface area (TPSA) is 181 Å². The number of anilines is 1. The number of hydrogen-bond acceptors (Lipinski definition) is 12. The molecule has 7 rings (SSSR count). The van der Waals surface area contributed by atoms with Gasteiger partial charge in [-0.2, -0.15) is 10.2 Å². The Hall–Kier alpha value is -3.77. The van der Waals surface area contributed by atoms with Crippen LogP contribution in [-0.2, 0) is 24.6 Å². The number of fused-ring (bicyclic) bond motifs is 2. The Balaban J connectivity index is 0.000000477. The quantitative estimate of drug-likeness (QED) is 0.221. The van der Waals surface area contributed by atoms with Crippen LogP contribution in [0.2, 0.25) is 0 Å². The second-order valence-corrected chi connectivity index (χ2v) is 13.3. The van der Waals surface area contributed by atoms with Gasteiger partial charge < -0.3 is 29.7 Å². The molecule has 0 bridgehead atoms. The molecule has 2 fully saturated rings. The number of nitrogen functional groups attached to an aromatic ring is 1.